The first kappa shape index (κ1) is 25.1. The standard InChI is InChI=1S/C19H29N7O.2ClH/c1-4-25(5-2)17-7-6-15(12-21-17)13-22-19(27)18-14(3)26(24-23-18)16-8-10-20-11-9-16;;/h6-7,12,16,20H,4-5,8-11,13H2,1-3H3,(H,22,27);2*1H. The summed E-state index contributed by atoms with van der Waals surface area (Å²) in [7, 11) is 0. The molecule has 0 unspecified atom stereocenters. The number of nitrogens with zero attached hydrogens (tertiary/aromatic N) is 5. The predicted octanol–water partition coefficient (Wildman–Crippen LogP) is 2.53. The minimum absolute atomic E-state index is 0. The molecule has 162 valence electrons. The Morgan fingerprint density at radius 3 is 2.52 bits per heavy atom. The van der Waals surface area contributed by atoms with Gasteiger partial charge in [0, 0.05) is 25.8 Å². The average Bonchev–Trinajstić information content (AvgIpc) is 3.10. The maximum atomic E-state index is 12.5. The summed E-state index contributed by atoms with van der Waals surface area (Å²) >= 11 is 0. The largest absolute Gasteiger partial charge is 0.357 e. The van der Waals surface area contributed by atoms with Crippen molar-refractivity contribution in [3.63, 3.8) is 0 Å². The summed E-state index contributed by atoms with van der Waals surface area (Å²) in [4.78, 5) is 19.2. The van der Waals surface area contributed by atoms with E-state index in [0.29, 0.717) is 18.3 Å². The van der Waals surface area contributed by atoms with E-state index in [1.807, 2.05) is 29.9 Å². The van der Waals surface area contributed by atoms with Gasteiger partial charge in [-0.2, -0.15) is 0 Å². The predicted molar refractivity (Wildman–Crippen MR) is 119 cm³/mol. The van der Waals surface area contributed by atoms with Gasteiger partial charge in [-0.1, -0.05) is 11.3 Å². The average molecular weight is 444 g/mol. The lowest BCUT2D eigenvalue weighted by Crippen LogP contribution is -2.30. The van der Waals surface area contributed by atoms with Crippen LogP contribution in [0.15, 0.2) is 18.3 Å². The van der Waals surface area contributed by atoms with Crippen LogP contribution in [-0.2, 0) is 6.54 Å². The molecule has 10 heteroatoms. The third-order valence-corrected chi connectivity index (χ3v) is 5.15. The van der Waals surface area contributed by atoms with Gasteiger partial charge in [-0.3, -0.25) is 4.79 Å². The number of pyridine rings is 1. The Labute approximate surface area is 184 Å². The number of piperidine rings is 1. The number of amides is 1. The fraction of sp³-hybridized carbons (Fsp3) is 0.579. The van der Waals surface area contributed by atoms with Crippen molar-refractivity contribution in [2.75, 3.05) is 31.1 Å². The molecule has 2 N–H and O–H groups in total. The van der Waals surface area contributed by atoms with E-state index in [4.69, 9.17) is 0 Å². The summed E-state index contributed by atoms with van der Waals surface area (Å²) in [6.45, 7) is 10.3. The molecule has 2 aromatic rings. The highest BCUT2D eigenvalue weighted by atomic mass is 35.5. The lowest BCUT2D eigenvalue weighted by molar-refractivity contribution is 0.0945. The Morgan fingerprint density at radius 1 is 1.24 bits per heavy atom. The molecule has 0 bridgehead atoms. The molecule has 1 saturated heterocycles. The Morgan fingerprint density at radius 2 is 1.93 bits per heavy atom. The molecule has 1 aliphatic rings. The van der Waals surface area contributed by atoms with Crippen LogP contribution in [0.2, 0.25) is 0 Å². The minimum Gasteiger partial charge on any atom is -0.357 e. The monoisotopic (exact) mass is 443 g/mol. The highest BCUT2D eigenvalue weighted by Crippen LogP contribution is 2.20. The SMILES string of the molecule is CCN(CC)c1ccc(CNC(=O)c2nnn(C3CCNCC3)c2C)cn1.Cl.Cl. The molecule has 8 nitrogen and oxygen atoms in total. The maximum absolute atomic E-state index is 12.5. The van der Waals surface area contributed by atoms with Crippen molar-refractivity contribution in [1.82, 2.24) is 30.6 Å². The molecule has 1 amide bonds. The zero-order valence-electron chi connectivity index (χ0n) is 17.2. The number of aromatic nitrogens is 4. The normalized spacial score (nSPS) is 13.9. The van der Waals surface area contributed by atoms with Gasteiger partial charge in [-0.05, 0) is 58.3 Å². The summed E-state index contributed by atoms with van der Waals surface area (Å²) in [5.41, 5.74) is 2.19. The third kappa shape index (κ3) is 6.04. The van der Waals surface area contributed by atoms with E-state index in [9.17, 15) is 4.79 Å². The summed E-state index contributed by atoms with van der Waals surface area (Å²) < 4.78 is 1.90. The number of hydrogen-bond donors (Lipinski definition) is 2. The van der Waals surface area contributed by atoms with E-state index < -0.39 is 0 Å². The Hall–Kier alpha value is -1.90. The van der Waals surface area contributed by atoms with Crippen LogP contribution in [-0.4, -0.2) is 52.1 Å². The van der Waals surface area contributed by atoms with Crippen molar-refractivity contribution in [2.45, 2.75) is 46.2 Å². The highest BCUT2D eigenvalue weighted by Gasteiger charge is 2.22. The van der Waals surface area contributed by atoms with Crippen LogP contribution in [0, 0.1) is 6.92 Å². The zero-order valence-corrected chi connectivity index (χ0v) is 18.9. The molecular weight excluding hydrogens is 413 g/mol. The van der Waals surface area contributed by atoms with Crippen LogP contribution < -0.4 is 15.5 Å². The van der Waals surface area contributed by atoms with Crippen molar-refractivity contribution in [3.8, 4) is 0 Å². The Kier molecular flexibility index (Phi) is 10.4. The second kappa shape index (κ2) is 11.9. The third-order valence-electron chi connectivity index (χ3n) is 5.15. The Bertz CT molecular complexity index is 756. The van der Waals surface area contributed by atoms with Gasteiger partial charge in [-0.15, -0.1) is 29.9 Å². The smallest absolute Gasteiger partial charge is 0.274 e. The topological polar surface area (TPSA) is 88.0 Å². The molecule has 0 aliphatic carbocycles. The molecule has 2 aromatic heterocycles. The fourth-order valence-electron chi connectivity index (χ4n) is 3.47. The quantitative estimate of drug-likeness (QED) is 0.683. The van der Waals surface area contributed by atoms with Crippen molar-refractivity contribution >= 4 is 36.5 Å². The Balaban J connectivity index is 0.00000210. The first-order valence-electron chi connectivity index (χ1n) is 9.74. The molecule has 1 aliphatic heterocycles. The van der Waals surface area contributed by atoms with E-state index in [1.54, 1.807) is 0 Å². The van der Waals surface area contributed by atoms with Crippen molar-refractivity contribution in [2.24, 2.45) is 0 Å². The molecule has 1 fully saturated rings. The fourth-order valence-corrected chi connectivity index (χ4v) is 3.47. The molecule has 29 heavy (non-hydrogen) atoms. The molecule has 3 rings (SSSR count). The van der Waals surface area contributed by atoms with Gasteiger partial charge in [0.2, 0.25) is 0 Å². The second-order valence-corrected chi connectivity index (χ2v) is 6.83. The van der Waals surface area contributed by atoms with Gasteiger partial charge in [0.15, 0.2) is 5.69 Å². The van der Waals surface area contributed by atoms with Crippen molar-refractivity contribution in [1.29, 1.82) is 0 Å². The summed E-state index contributed by atoms with van der Waals surface area (Å²) in [5, 5.41) is 14.6. The van der Waals surface area contributed by atoms with E-state index in [0.717, 1.165) is 56.1 Å². The zero-order chi connectivity index (χ0) is 19.2. The molecule has 3 heterocycles. The molecule has 0 spiro atoms. The molecular formula is C19H31Cl2N7O. The second-order valence-electron chi connectivity index (χ2n) is 6.83. The van der Waals surface area contributed by atoms with E-state index >= 15 is 0 Å². The van der Waals surface area contributed by atoms with Crippen molar-refractivity contribution in [3.05, 3.63) is 35.3 Å². The van der Waals surface area contributed by atoms with Crippen LogP contribution in [0.25, 0.3) is 0 Å². The summed E-state index contributed by atoms with van der Waals surface area (Å²) in [6, 6.07) is 4.31. The lowest BCUT2D eigenvalue weighted by atomic mass is 10.1. The van der Waals surface area contributed by atoms with Crippen LogP contribution in [0.5, 0.6) is 0 Å². The van der Waals surface area contributed by atoms with Gasteiger partial charge in [0.1, 0.15) is 5.82 Å². The highest BCUT2D eigenvalue weighted by molar-refractivity contribution is 5.93. The van der Waals surface area contributed by atoms with Gasteiger partial charge < -0.3 is 15.5 Å². The molecule has 0 atom stereocenters. The number of hydrogen-bond acceptors (Lipinski definition) is 6. The van der Waals surface area contributed by atoms with E-state index in [1.165, 1.54) is 0 Å². The van der Waals surface area contributed by atoms with Gasteiger partial charge in [-0.25, -0.2) is 9.67 Å². The number of halogens is 2. The molecule has 0 aromatic carbocycles. The lowest BCUT2D eigenvalue weighted by Gasteiger charge is -2.23. The van der Waals surface area contributed by atoms with Gasteiger partial charge >= 0.3 is 0 Å². The van der Waals surface area contributed by atoms with Gasteiger partial charge in [0.25, 0.3) is 5.91 Å². The van der Waals surface area contributed by atoms with E-state index in [-0.39, 0.29) is 30.7 Å². The first-order chi connectivity index (χ1) is 13.1. The minimum atomic E-state index is -0.194. The number of rotatable bonds is 7. The number of carbonyl (C=O) groups is 1. The summed E-state index contributed by atoms with van der Waals surface area (Å²) in [5.74, 6) is 0.760. The number of nitrogens with one attached hydrogen (secondary N) is 2. The van der Waals surface area contributed by atoms with Crippen LogP contribution in [0.1, 0.15) is 54.5 Å². The number of carbonyl (C=O) groups excluding carboxylic acids is 1. The van der Waals surface area contributed by atoms with Crippen LogP contribution in [0.3, 0.4) is 0 Å². The molecule has 0 saturated carbocycles. The van der Waals surface area contributed by atoms with Gasteiger partial charge in [0.05, 0.1) is 11.7 Å². The first-order valence-corrected chi connectivity index (χ1v) is 9.74. The van der Waals surface area contributed by atoms with Crippen LogP contribution >= 0.6 is 24.8 Å². The van der Waals surface area contributed by atoms with Crippen LogP contribution in [0.4, 0.5) is 5.82 Å². The maximum Gasteiger partial charge on any atom is 0.274 e. The molecule has 0 radical (unpaired) electrons. The summed E-state index contributed by atoms with van der Waals surface area (Å²) in [6.07, 6.45) is 3.83. The van der Waals surface area contributed by atoms with E-state index in [2.05, 4.69) is 44.7 Å². The number of anilines is 1. The van der Waals surface area contributed by atoms with Crippen molar-refractivity contribution < 1.29 is 4.79 Å².